The van der Waals surface area contributed by atoms with Gasteiger partial charge in [0.05, 0.1) is 12.6 Å². The molecule has 0 aromatic carbocycles. The first-order valence-electron chi connectivity index (χ1n) is 11.7. The van der Waals surface area contributed by atoms with Crippen LogP contribution in [0.15, 0.2) is 22.6 Å². The minimum atomic E-state index is -0.0883. The summed E-state index contributed by atoms with van der Waals surface area (Å²) < 4.78 is 6.00. The number of amides is 2. The summed E-state index contributed by atoms with van der Waals surface area (Å²) in [5.41, 5.74) is 1.36. The summed E-state index contributed by atoms with van der Waals surface area (Å²) in [4.78, 5) is 35.6. The number of hydrogen-bond donors (Lipinski definition) is 0. The highest BCUT2D eigenvalue weighted by Gasteiger charge is 2.48. The monoisotopic (exact) mass is 454 g/mol. The second-order valence-electron chi connectivity index (χ2n) is 10.0. The molecule has 0 aliphatic carbocycles. The lowest BCUT2D eigenvalue weighted by molar-refractivity contribution is -0.130. The minimum Gasteiger partial charge on any atom is -0.423 e. The third-order valence-corrected chi connectivity index (χ3v) is 6.90. The summed E-state index contributed by atoms with van der Waals surface area (Å²) in [7, 11) is 3.55. The maximum Gasteiger partial charge on any atom is 0.272 e. The van der Waals surface area contributed by atoms with E-state index < -0.39 is 0 Å². The lowest BCUT2D eigenvalue weighted by Gasteiger charge is -2.39. The van der Waals surface area contributed by atoms with Crippen LogP contribution in [0.1, 0.15) is 73.0 Å². The number of piperidine rings is 1. The number of rotatable bonds is 5. The fourth-order valence-corrected chi connectivity index (χ4v) is 4.85. The molecule has 0 radical (unpaired) electrons. The van der Waals surface area contributed by atoms with E-state index in [9.17, 15) is 9.59 Å². The molecule has 0 saturated carbocycles. The van der Waals surface area contributed by atoms with Gasteiger partial charge in [-0.25, -0.2) is 4.98 Å². The minimum absolute atomic E-state index is 0.0128. The van der Waals surface area contributed by atoms with Crippen LogP contribution in [0.4, 0.5) is 0 Å². The highest BCUT2D eigenvalue weighted by Crippen LogP contribution is 2.48. The number of likely N-dealkylation sites (N-methyl/N-ethyl adjacent to an activating group) is 1. The van der Waals surface area contributed by atoms with E-state index in [1.54, 1.807) is 25.1 Å². The molecule has 9 nitrogen and oxygen atoms in total. The van der Waals surface area contributed by atoms with Gasteiger partial charge in [-0.15, -0.1) is 10.2 Å². The average molecular weight is 455 g/mol. The summed E-state index contributed by atoms with van der Waals surface area (Å²) in [5.74, 6) is 1.41. The molecular formula is C24H34N6O3. The molecule has 4 heterocycles. The number of aromatic nitrogens is 3. The van der Waals surface area contributed by atoms with Gasteiger partial charge in [-0.2, -0.15) is 0 Å². The molecule has 9 heteroatoms. The zero-order chi connectivity index (χ0) is 23.8. The van der Waals surface area contributed by atoms with E-state index in [1.165, 1.54) is 0 Å². The smallest absolute Gasteiger partial charge is 0.272 e. The average Bonchev–Trinajstić information content (AvgIpc) is 3.39. The van der Waals surface area contributed by atoms with Crippen molar-refractivity contribution in [2.24, 2.45) is 5.41 Å². The zero-order valence-corrected chi connectivity index (χ0v) is 20.2. The van der Waals surface area contributed by atoms with Crippen LogP contribution in [0.5, 0.6) is 0 Å². The molecule has 2 aromatic rings. The van der Waals surface area contributed by atoms with E-state index in [1.807, 2.05) is 37.8 Å². The van der Waals surface area contributed by atoms with Crippen molar-refractivity contribution in [2.75, 3.05) is 40.3 Å². The Labute approximate surface area is 195 Å². The van der Waals surface area contributed by atoms with Crippen LogP contribution in [-0.4, -0.2) is 82.0 Å². The Morgan fingerprint density at radius 2 is 1.94 bits per heavy atom. The fourth-order valence-electron chi connectivity index (χ4n) is 4.85. The van der Waals surface area contributed by atoms with Crippen molar-refractivity contribution < 1.29 is 14.0 Å². The van der Waals surface area contributed by atoms with E-state index in [-0.39, 0.29) is 29.2 Å². The number of aryl methyl sites for hydroxylation is 1. The van der Waals surface area contributed by atoms with Gasteiger partial charge in [-0.05, 0) is 43.7 Å². The summed E-state index contributed by atoms with van der Waals surface area (Å²) in [6.45, 7) is 8.39. The number of carbonyl (C=O) groups excluding carboxylic acids is 2. The topological polar surface area (TPSA) is 95.7 Å². The lowest BCUT2D eigenvalue weighted by Crippen LogP contribution is -2.45. The zero-order valence-electron chi connectivity index (χ0n) is 20.2. The van der Waals surface area contributed by atoms with Gasteiger partial charge in [-0.1, -0.05) is 19.9 Å². The predicted molar refractivity (Wildman–Crippen MR) is 123 cm³/mol. The molecule has 2 aromatic heterocycles. The normalized spacial score (nSPS) is 20.5. The Morgan fingerprint density at radius 3 is 2.55 bits per heavy atom. The van der Waals surface area contributed by atoms with Gasteiger partial charge in [0.1, 0.15) is 5.69 Å². The molecule has 0 bridgehead atoms. The third kappa shape index (κ3) is 4.93. The van der Waals surface area contributed by atoms with Crippen LogP contribution in [0.25, 0.3) is 0 Å². The standard InChI is InChI=1S/C24H34N6O3/c1-16(2)21-26-27-22(33-21)19-13-24(15-30(19)14-20(31)28(4)5)9-11-29(12-10-24)23(32)18-8-6-7-17(3)25-18/h6-8,16,19H,9-15H2,1-5H3. The molecule has 0 N–H and O–H groups in total. The number of pyridine rings is 1. The number of nitrogens with zero attached hydrogens (tertiary/aromatic N) is 6. The second-order valence-corrected chi connectivity index (χ2v) is 10.0. The van der Waals surface area contributed by atoms with E-state index in [4.69, 9.17) is 4.42 Å². The first kappa shape index (κ1) is 23.4. The Hall–Kier alpha value is -2.81. The molecule has 2 saturated heterocycles. The van der Waals surface area contributed by atoms with Crippen molar-refractivity contribution in [3.8, 4) is 0 Å². The maximum absolute atomic E-state index is 13.0. The first-order chi connectivity index (χ1) is 15.7. The van der Waals surface area contributed by atoms with Gasteiger partial charge in [0.15, 0.2) is 0 Å². The van der Waals surface area contributed by atoms with Crippen LogP contribution >= 0.6 is 0 Å². The van der Waals surface area contributed by atoms with Crippen molar-refractivity contribution in [3.63, 3.8) is 0 Å². The predicted octanol–water partition coefficient (Wildman–Crippen LogP) is 2.65. The van der Waals surface area contributed by atoms with Crippen molar-refractivity contribution in [1.29, 1.82) is 0 Å². The lowest BCUT2D eigenvalue weighted by atomic mass is 9.76. The van der Waals surface area contributed by atoms with E-state index >= 15 is 0 Å². The second kappa shape index (κ2) is 9.21. The van der Waals surface area contributed by atoms with E-state index in [0.717, 1.165) is 31.5 Å². The van der Waals surface area contributed by atoms with Crippen molar-refractivity contribution >= 4 is 11.8 Å². The van der Waals surface area contributed by atoms with Crippen LogP contribution in [-0.2, 0) is 4.79 Å². The van der Waals surface area contributed by atoms with E-state index in [2.05, 4.69) is 20.1 Å². The number of hydrogen-bond acceptors (Lipinski definition) is 7. The van der Waals surface area contributed by atoms with Gasteiger partial charge in [0, 0.05) is 45.3 Å². The van der Waals surface area contributed by atoms with Gasteiger partial charge < -0.3 is 14.2 Å². The van der Waals surface area contributed by atoms with Crippen LogP contribution < -0.4 is 0 Å². The summed E-state index contributed by atoms with van der Waals surface area (Å²) in [6.07, 6.45) is 2.59. The Bertz CT molecular complexity index is 1010. The van der Waals surface area contributed by atoms with Crippen LogP contribution in [0, 0.1) is 12.3 Å². The van der Waals surface area contributed by atoms with Crippen LogP contribution in [0.3, 0.4) is 0 Å². The fraction of sp³-hybridized carbons (Fsp3) is 0.625. The SMILES string of the molecule is Cc1cccc(C(=O)N2CCC3(CC2)CC(c2nnc(C(C)C)o2)N(CC(=O)N(C)C)C3)n1. The Balaban J connectivity index is 1.49. The highest BCUT2D eigenvalue weighted by atomic mass is 16.4. The number of carbonyl (C=O) groups is 2. The molecule has 4 rings (SSSR count). The molecule has 1 unspecified atom stereocenters. The molecular weight excluding hydrogens is 420 g/mol. The molecule has 1 spiro atoms. The van der Waals surface area contributed by atoms with Crippen molar-refractivity contribution in [2.45, 2.75) is 52.0 Å². The summed E-state index contributed by atoms with van der Waals surface area (Å²) in [5, 5.41) is 8.55. The van der Waals surface area contributed by atoms with Gasteiger partial charge in [0.25, 0.3) is 5.91 Å². The molecule has 2 amide bonds. The van der Waals surface area contributed by atoms with Crippen molar-refractivity contribution in [3.05, 3.63) is 41.4 Å². The summed E-state index contributed by atoms with van der Waals surface area (Å²) in [6, 6.07) is 5.46. The molecule has 2 aliphatic heterocycles. The maximum atomic E-state index is 13.0. The Kier molecular flexibility index (Phi) is 6.52. The first-order valence-corrected chi connectivity index (χ1v) is 11.7. The highest BCUT2D eigenvalue weighted by molar-refractivity contribution is 5.92. The third-order valence-electron chi connectivity index (χ3n) is 6.90. The molecule has 33 heavy (non-hydrogen) atoms. The van der Waals surface area contributed by atoms with Crippen molar-refractivity contribution in [1.82, 2.24) is 29.9 Å². The molecule has 1 atom stereocenters. The molecule has 178 valence electrons. The van der Waals surface area contributed by atoms with E-state index in [0.29, 0.717) is 37.1 Å². The summed E-state index contributed by atoms with van der Waals surface area (Å²) >= 11 is 0. The van der Waals surface area contributed by atoms with Crippen LogP contribution in [0.2, 0.25) is 0 Å². The largest absolute Gasteiger partial charge is 0.423 e. The molecule has 2 aliphatic rings. The quantitative estimate of drug-likeness (QED) is 0.685. The van der Waals surface area contributed by atoms with Gasteiger partial charge in [-0.3, -0.25) is 14.5 Å². The number of likely N-dealkylation sites (tertiary alicyclic amines) is 2. The Morgan fingerprint density at radius 1 is 1.21 bits per heavy atom. The van der Waals surface area contributed by atoms with Gasteiger partial charge in [0.2, 0.25) is 17.7 Å². The van der Waals surface area contributed by atoms with Gasteiger partial charge >= 0.3 is 0 Å². The molecule has 2 fully saturated rings.